The fourth-order valence-electron chi connectivity index (χ4n) is 8.00. The number of thiophene rings is 1. The lowest BCUT2D eigenvalue weighted by Gasteiger charge is -2.20. The maximum absolute atomic E-state index is 14.5. The monoisotopic (exact) mass is 808 g/mol. The van der Waals surface area contributed by atoms with Crippen LogP contribution in [0, 0.1) is 11.7 Å². The molecular weight excluding hydrogens is 772 g/mol. The average molecular weight is 809 g/mol. The Hall–Kier alpha value is -7.44. The van der Waals surface area contributed by atoms with Gasteiger partial charge in [0.25, 0.3) is 10.9 Å². The molecule has 12 heteroatoms. The largest absolute Gasteiger partial charge is 0.387 e. The second-order valence-electron chi connectivity index (χ2n) is 15.0. The number of aromatic nitrogens is 4. The van der Waals surface area contributed by atoms with Crippen LogP contribution in [0.3, 0.4) is 0 Å². The molecule has 0 spiro atoms. The Balaban J connectivity index is 0.937. The number of anilines is 3. The van der Waals surface area contributed by atoms with Gasteiger partial charge < -0.3 is 21.4 Å². The lowest BCUT2D eigenvalue weighted by Crippen LogP contribution is -2.37. The van der Waals surface area contributed by atoms with E-state index in [0.29, 0.717) is 22.8 Å². The number of aliphatic imine (C=N–C) groups is 1. The van der Waals surface area contributed by atoms with Crippen molar-refractivity contribution in [1.82, 2.24) is 20.2 Å². The van der Waals surface area contributed by atoms with Gasteiger partial charge in [-0.25, -0.2) is 9.38 Å². The van der Waals surface area contributed by atoms with Crippen molar-refractivity contribution in [2.45, 2.75) is 26.3 Å². The molecule has 0 saturated heterocycles. The van der Waals surface area contributed by atoms with E-state index in [1.54, 1.807) is 41.7 Å². The van der Waals surface area contributed by atoms with Crippen molar-refractivity contribution in [3.8, 4) is 44.0 Å². The molecule has 1 aliphatic rings. The van der Waals surface area contributed by atoms with Gasteiger partial charge >= 0.3 is 0 Å². The second kappa shape index (κ2) is 14.7. The number of H-pyrrole nitrogens is 2. The Morgan fingerprint density at radius 3 is 2.60 bits per heavy atom. The van der Waals surface area contributed by atoms with Gasteiger partial charge in [-0.3, -0.25) is 19.7 Å². The molecule has 0 aliphatic carbocycles. The molecule has 0 bridgehead atoms. The summed E-state index contributed by atoms with van der Waals surface area (Å²) in [6.07, 6.45) is 10.4. The zero-order valence-corrected chi connectivity index (χ0v) is 33.3. The minimum absolute atomic E-state index is 0.0814. The summed E-state index contributed by atoms with van der Waals surface area (Å²) in [6.45, 7) is 4.06. The van der Waals surface area contributed by atoms with Gasteiger partial charge in [0.05, 0.1) is 28.8 Å². The highest BCUT2D eigenvalue weighted by atomic mass is 32.1. The molecule has 4 aromatic heterocycles. The summed E-state index contributed by atoms with van der Waals surface area (Å²) in [5.74, 6) is 0.279. The summed E-state index contributed by atoms with van der Waals surface area (Å²) in [5.41, 5.74) is 15.6. The highest BCUT2D eigenvalue weighted by Gasteiger charge is 2.25. The van der Waals surface area contributed by atoms with E-state index in [-0.39, 0.29) is 23.3 Å². The lowest BCUT2D eigenvalue weighted by atomic mass is 9.96. The van der Waals surface area contributed by atoms with Crippen molar-refractivity contribution in [2.24, 2.45) is 16.6 Å². The average Bonchev–Trinajstić information content (AvgIpc) is 4.01. The van der Waals surface area contributed by atoms with Crippen LogP contribution < -0.4 is 27.2 Å². The number of nitrogens with two attached hydrogens (primary N) is 1. The molecule has 2 atom stereocenters. The molecule has 0 saturated carbocycles. The third kappa shape index (κ3) is 6.38. The maximum atomic E-state index is 14.5. The molecule has 2 unspecified atom stereocenters. The van der Waals surface area contributed by atoms with E-state index in [1.165, 1.54) is 12.3 Å². The Morgan fingerprint density at radius 1 is 0.883 bits per heavy atom. The van der Waals surface area contributed by atoms with Crippen LogP contribution in [0.15, 0.2) is 136 Å². The van der Waals surface area contributed by atoms with Crippen molar-refractivity contribution in [2.75, 3.05) is 10.6 Å². The van der Waals surface area contributed by atoms with E-state index >= 15 is 0 Å². The standard InChI is InChI=1S/C48H37FN8O2S/c1-3-26-12-15-37-43(56-48(26)50)35(24-52-37)33-14-11-30-23-53-57-42(30)41(33)40-21-31-20-29(13-16-39(31)60-40)28-8-6-7-27(19-28)25(2)54-44-45(47(59)46(44)58)55-32-17-18-51-38(22-32)34-9-4-5-10-36(34)49/h4-26,52,54H,3H2,1-2H3,(H2,50,56)(H,51,55)(H,53,57). The Labute approximate surface area is 347 Å². The first-order valence-corrected chi connectivity index (χ1v) is 20.5. The van der Waals surface area contributed by atoms with Gasteiger partial charge in [-0.05, 0) is 95.6 Å². The fourth-order valence-corrected chi connectivity index (χ4v) is 9.11. The number of nitrogens with zero attached hydrogens (tertiary/aromatic N) is 3. The van der Waals surface area contributed by atoms with Gasteiger partial charge in [0.1, 0.15) is 23.0 Å². The molecule has 1 aliphatic heterocycles. The minimum Gasteiger partial charge on any atom is -0.387 e. The highest BCUT2D eigenvalue weighted by molar-refractivity contribution is 7.22. The lowest BCUT2D eigenvalue weighted by molar-refractivity contribution is 0.631. The van der Waals surface area contributed by atoms with E-state index in [1.807, 2.05) is 31.5 Å². The van der Waals surface area contributed by atoms with Crippen LogP contribution in [0.2, 0.25) is 0 Å². The Bertz CT molecular complexity index is 3280. The van der Waals surface area contributed by atoms with Gasteiger partial charge in [-0.1, -0.05) is 61.5 Å². The quantitative estimate of drug-likeness (QED) is 0.0862. The number of halogens is 1. The second-order valence-corrected chi connectivity index (χ2v) is 16.1. The predicted octanol–water partition coefficient (Wildman–Crippen LogP) is 10.9. The van der Waals surface area contributed by atoms with Crippen molar-refractivity contribution < 1.29 is 4.39 Å². The third-order valence-electron chi connectivity index (χ3n) is 11.3. The number of hydrogen-bond acceptors (Lipinski definition) is 9. The summed E-state index contributed by atoms with van der Waals surface area (Å²) in [6, 6.07) is 30.4. The number of benzene rings is 4. The summed E-state index contributed by atoms with van der Waals surface area (Å²) < 4.78 is 15.6. The van der Waals surface area contributed by atoms with Crippen molar-refractivity contribution in [3.05, 3.63) is 159 Å². The van der Waals surface area contributed by atoms with Gasteiger partial charge in [0.2, 0.25) is 0 Å². The predicted molar refractivity (Wildman–Crippen MR) is 243 cm³/mol. The number of amidine groups is 1. The Morgan fingerprint density at radius 2 is 1.73 bits per heavy atom. The number of hydrogen-bond donors (Lipinski definition) is 5. The topological polar surface area (TPSA) is 154 Å². The summed E-state index contributed by atoms with van der Waals surface area (Å²) >= 11 is 1.72. The normalized spacial score (nSPS) is 14.3. The Kier molecular flexibility index (Phi) is 9.06. The van der Waals surface area contributed by atoms with Gasteiger partial charge in [0, 0.05) is 61.7 Å². The molecule has 10 rings (SSSR count). The molecule has 5 heterocycles. The van der Waals surface area contributed by atoms with E-state index in [9.17, 15) is 14.0 Å². The zero-order chi connectivity index (χ0) is 41.1. The first-order valence-electron chi connectivity index (χ1n) is 19.7. The summed E-state index contributed by atoms with van der Waals surface area (Å²) in [4.78, 5) is 39.4. The van der Waals surface area contributed by atoms with E-state index < -0.39 is 16.7 Å². The summed E-state index contributed by atoms with van der Waals surface area (Å²) in [7, 11) is 0. The van der Waals surface area contributed by atoms with Crippen molar-refractivity contribution in [1.29, 1.82) is 0 Å². The van der Waals surface area contributed by atoms with E-state index in [2.05, 4.69) is 98.4 Å². The number of aromatic amines is 2. The van der Waals surface area contributed by atoms with Crippen LogP contribution in [-0.4, -0.2) is 26.0 Å². The zero-order valence-electron chi connectivity index (χ0n) is 32.5. The molecule has 0 fully saturated rings. The first-order chi connectivity index (χ1) is 29.2. The molecule has 294 valence electrons. The van der Waals surface area contributed by atoms with Crippen LogP contribution in [-0.2, 0) is 0 Å². The fraction of sp³-hybridized carbons (Fsp3) is 0.104. The minimum atomic E-state index is -0.620. The number of rotatable bonds is 10. The molecule has 5 aromatic carbocycles. The first kappa shape index (κ1) is 36.9. The molecule has 10 nitrogen and oxygen atoms in total. The van der Waals surface area contributed by atoms with Crippen LogP contribution >= 0.6 is 11.3 Å². The molecule has 60 heavy (non-hydrogen) atoms. The van der Waals surface area contributed by atoms with Crippen LogP contribution in [0.5, 0.6) is 0 Å². The van der Waals surface area contributed by atoms with E-state index in [4.69, 9.17) is 10.7 Å². The highest BCUT2D eigenvalue weighted by Crippen LogP contribution is 2.47. The molecule has 9 aromatic rings. The van der Waals surface area contributed by atoms with Crippen molar-refractivity contribution in [3.63, 3.8) is 0 Å². The van der Waals surface area contributed by atoms with Gasteiger partial charge in [-0.15, -0.1) is 11.3 Å². The molecule has 0 amide bonds. The maximum Gasteiger partial charge on any atom is 0.253 e. The number of fused-ring (bicyclic) bond motifs is 3. The van der Waals surface area contributed by atoms with Gasteiger partial charge in [0.15, 0.2) is 0 Å². The van der Waals surface area contributed by atoms with Crippen molar-refractivity contribution >= 4 is 67.0 Å². The number of nitrogens with one attached hydrogen (secondary N) is 4. The van der Waals surface area contributed by atoms with Crippen LogP contribution in [0.1, 0.15) is 37.6 Å². The smallest absolute Gasteiger partial charge is 0.253 e. The summed E-state index contributed by atoms with van der Waals surface area (Å²) in [5, 5.41) is 16.1. The molecular formula is C48H37FN8O2S. The van der Waals surface area contributed by atoms with Crippen LogP contribution in [0.25, 0.3) is 71.0 Å². The van der Waals surface area contributed by atoms with Gasteiger partial charge in [-0.2, -0.15) is 5.10 Å². The van der Waals surface area contributed by atoms with E-state index in [0.717, 1.165) is 77.0 Å². The van der Waals surface area contributed by atoms with Crippen LogP contribution in [0.4, 0.5) is 27.1 Å². The SMILES string of the molecule is CCC1C=Cc2[nH]cc(-c3ccc4cn[nH]c4c3-c3cc4cc(-c5cccc(C(C)Nc6c(Nc7ccnc(-c8ccccc8F)c7)c(=O)c6=O)c5)ccc4s3)c2N=C1N. The molecule has 0 radical (unpaired) electrons. The molecule has 6 N–H and O–H groups in total. The third-order valence-corrected chi connectivity index (χ3v) is 12.4. The number of pyridine rings is 1.